The van der Waals surface area contributed by atoms with E-state index in [-0.39, 0.29) is 24.7 Å². The van der Waals surface area contributed by atoms with Gasteiger partial charge in [-0.15, -0.1) is 0 Å². The van der Waals surface area contributed by atoms with Crippen LogP contribution in [0.5, 0.6) is 11.5 Å². The fraction of sp³-hybridized carbons (Fsp3) is 0.348. The zero-order chi connectivity index (χ0) is 22.3. The number of carbonyl (C=O) groups is 2. The van der Waals surface area contributed by atoms with E-state index in [1.54, 1.807) is 36.4 Å². The molecule has 2 aromatic rings. The molecule has 1 fully saturated rings. The standard InChI is InChI=1S/C23H26N4O5/c1-15(28)24-12-16-4-6-17(7-5-16)22(29)27-23(25-13-19-3-2-10-30-19)26-18-8-9-20-21(11-18)32-14-31-20/h4-9,11,19H,2-3,10,12-14H2,1H3,(H,24,28)(H2,25,26,27,29). The summed E-state index contributed by atoms with van der Waals surface area (Å²) in [6.07, 6.45) is 2.01. The Kier molecular flexibility index (Phi) is 6.86. The van der Waals surface area contributed by atoms with Crippen molar-refractivity contribution in [2.45, 2.75) is 32.4 Å². The highest BCUT2D eigenvalue weighted by atomic mass is 16.7. The third-order valence-corrected chi connectivity index (χ3v) is 5.10. The molecule has 2 aromatic carbocycles. The van der Waals surface area contributed by atoms with Gasteiger partial charge in [-0.1, -0.05) is 12.1 Å². The van der Waals surface area contributed by atoms with Crippen LogP contribution in [0.3, 0.4) is 0 Å². The van der Waals surface area contributed by atoms with Gasteiger partial charge in [-0.3, -0.25) is 14.9 Å². The molecule has 2 aliphatic rings. The number of aliphatic imine (C=N–C) groups is 1. The van der Waals surface area contributed by atoms with Gasteiger partial charge in [-0.25, -0.2) is 4.99 Å². The SMILES string of the molecule is CC(=O)NCc1ccc(C(=O)NC(=NCC2CCCO2)Nc2ccc3c(c2)OCO3)cc1. The molecule has 2 aliphatic heterocycles. The predicted octanol–water partition coefficient (Wildman–Crippen LogP) is 2.43. The average Bonchev–Trinajstić information content (AvgIpc) is 3.48. The highest BCUT2D eigenvalue weighted by Crippen LogP contribution is 2.34. The van der Waals surface area contributed by atoms with Gasteiger partial charge in [0.05, 0.1) is 12.6 Å². The molecule has 1 unspecified atom stereocenters. The van der Waals surface area contributed by atoms with E-state index in [1.807, 2.05) is 6.07 Å². The van der Waals surface area contributed by atoms with Crippen molar-refractivity contribution < 1.29 is 23.8 Å². The fourth-order valence-electron chi connectivity index (χ4n) is 3.38. The van der Waals surface area contributed by atoms with E-state index in [0.717, 1.165) is 25.0 Å². The van der Waals surface area contributed by atoms with Gasteiger partial charge in [0.25, 0.3) is 5.91 Å². The molecule has 9 heteroatoms. The summed E-state index contributed by atoms with van der Waals surface area (Å²) < 4.78 is 16.4. The fourth-order valence-corrected chi connectivity index (χ4v) is 3.38. The summed E-state index contributed by atoms with van der Waals surface area (Å²) >= 11 is 0. The predicted molar refractivity (Wildman–Crippen MR) is 119 cm³/mol. The van der Waals surface area contributed by atoms with Crippen LogP contribution in [0.2, 0.25) is 0 Å². The number of amides is 2. The Morgan fingerprint density at radius 2 is 1.91 bits per heavy atom. The van der Waals surface area contributed by atoms with E-state index in [9.17, 15) is 9.59 Å². The average molecular weight is 438 g/mol. The van der Waals surface area contributed by atoms with Gasteiger partial charge in [0.15, 0.2) is 11.5 Å². The minimum Gasteiger partial charge on any atom is -0.454 e. The Labute approximate surface area is 186 Å². The van der Waals surface area contributed by atoms with Gasteiger partial charge in [-0.2, -0.15) is 0 Å². The smallest absolute Gasteiger partial charge is 0.257 e. The number of nitrogens with one attached hydrogen (secondary N) is 3. The lowest BCUT2D eigenvalue weighted by atomic mass is 10.1. The van der Waals surface area contributed by atoms with E-state index in [4.69, 9.17) is 14.2 Å². The molecule has 0 saturated carbocycles. The molecule has 0 spiro atoms. The lowest BCUT2D eigenvalue weighted by Gasteiger charge is -2.14. The number of ether oxygens (including phenoxy) is 3. The van der Waals surface area contributed by atoms with Crippen LogP contribution in [0, 0.1) is 0 Å². The number of hydrogen-bond donors (Lipinski definition) is 3. The molecule has 168 valence electrons. The molecular weight excluding hydrogens is 412 g/mol. The van der Waals surface area contributed by atoms with Crippen LogP contribution in [-0.4, -0.2) is 43.8 Å². The van der Waals surface area contributed by atoms with Crippen molar-refractivity contribution in [2.24, 2.45) is 4.99 Å². The van der Waals surface area contributed by atoms with Gasteiger partial charge in [0, 0.05) is 37.4 Å². The van der Waals surface area contributed by atoms with Crippen molar-refractivity contribution in [3.05, 3.63) is 53.6 Å². The first-order valence-electron chi connectivity index (χ1n) is 10.5. The summed E-state index contributed by atoms with van der Waals surface area (Å²) in [6.45, 7) is 3.25. The number of anilines is 1. The number of carbonyl (C=O) groups excluding carboxylic acids is 2. The normalized spacial score (nSPS) is 17.2. The molecule has 0 aromatic heterocycles. The molecular formula is C23H26N4O5. The van der Waals surface area contributed by atoms with Gasteiger partial charge >= 0.3 is 0 Å². The zero-order valence-electron chi connectivity index (χ0n) is 17.8. The lowest BCUT2D eigenvalue weighted by Crippen LogP contribution is -2.36. The largest absolute Gasteiger partial charge is 0.454 e. The molecule has 2 amide bonds. The number of benzene rings is 2. The Morgan fingerprint density at radius 3 is 2.66 bits per heavy atom. The second-order valence-corrected chi connectivity index (χ2v) is 7.58. The van der Waals surface area contributed by atoms with E-state index < -0.39 is 0 Å². The zero-order valence-corrected chi connectivity index (χ0v) is 17.8. The van der Waals surface area contributed by atoms with Gasteiger partial charge in [0.1, 0.15) is 0 Å². The Hall–Kier alpha value is -3.59. The van der Waals surface area contributed by atoms with Gasteiger partial charge in [-0.05, 0) is 42.7 Å². The summed E-state index contributed by atoms with van der Waals surface area (Å²) in [5.41, 5.74) is 2.10. The summed E-state index contributed by atoms with van der Waals surface area (Å²) in [5, 5.41) is 8.73. The number of hydrogen-bond acceptors (Lipinski definition) is 6. The van der Waals surface area contributed by atoms with E-state index >= 15 is 0 Å². The van der Waals surface area contributed by atoms with Crippen LogP contribution in [0.15, 0.2) is 47.5 Å². The molecule has 1 atom stereocenters. The van der Waals surface area contributed by atoms with Crippen molar-refractivity contribution >= 4 is 23.5 Å². The molecule has 3 N–H and O–H groups in total. The minimum absolute atomic E-state index is 0.0496. The Balaban J connectivity index is 1.44. The maximum Gasteiger partial charge on any atom is 0.257 e. The van der Waals surface area contributed by atoms with Crippen LogP contribution in [0.25, 0.3) is 0 Å². The van der Waals surface area contributed by atoms with E-state index in [2.05, 4.69) is 20.9 Å². The monoisotopic (exact) mass is 438 g/mol. The minimum atomic E-state index is -0.296. The first kappa shape index (κ1) is 21.6. The second kappa shape index (κ2) is 10.1. The topological polar surface area (TPSA) is 110 Å². The Morgan fingerprint density at radius 1 is 1.09 bits per heavy atom. The highest BCUT2D eigenvalue weighted by Gasteiger charge is 2.17. The number of guanidine groups is 1. The molecule has 0 aliphatic carbocycles. The second-order valence-electron chi connectivity index (χ2n) is 7.58. The first-order chi connectivity index (χ1) is 15.6. The van der Waals surface area contributed by atoms with Crippen molar-refractivity contribution in [3.63, 3.8) is 0 Å². The van der Waals surface area contributed by atoms with E-state index in [0.29, 0.717) is 41.8 Å². The summed E-state index contributed by atoms with van der Waals surface area (Å²) in [4.78, 5) is 28.4. The van der Waals surface area contributed by atoms with Gasteiger partial charge in [0.2, 0.25) is 18.7 Å². The summed E-state index contributed by atoms with van der Waals surface area (Å²) in [5.74, 6) is 1.24. The molecule has 32 heavy (non-hydrogen) atoms. The molecule has 0 bridgehead atoms. The number of fused-ring (bicyclic) bond motifs is 1. The van der Waals surface area contributed by atoms with Crippen molar-refractivity contribution in [1.82, 2.24) is 10.6 Å². The van der Waals surface area contributed by atoms with E-state index in [1.165, 1.54) is 6.92 Å². The van der Waals surface area contributed by atoms with Crippen molar-refractivity contribution in [3.8, 4) is 11.5 Å². The third-order valence-electron chi connectivity index (χ3n) is 5.10. The number of nitrogens with zero attached hydrogens (tertiary/aromatic N) is 1. The molecule has 2 heterocycles. The first-order valence-corrected chi connectivity index (χ1v) is 10.5. The summed E-state index contributed by atoms with van der Waals surface area (Å²) in [7, 11) is 0. The molecule has 9 nitrogen and oxygen atoms in total. The van der Waals surface area contributed by atoms with Crippen molar-refractivity contribution in [2.75, 3.05) is 25.3 Å². The number of rotatable bonds is 6. The lowest BCUT2D eigenvalue weighted by molar-refractivity contribution is -0.119. The highest BCUT2D eigenvalue weighted by molar-refractivity contribution is 6.10. The van der Waals surface area contributed by atoms with Crippen LogP contribution < -0.4 is 25.4 Å². The van der Waals surface area contributed by atoms with Crippen LogP contribution >= 0.6 is 0 Å². The van der Waals surface area contributed by atoms with Gasteiger partial charge < -0.3 is 24.8 Å². The van der Waals surface area contributed by atoms with Crippen LogP contribution in [-0.2, 0) is 16.1 Å². The quantitative estimate of drug-likeness (QED) is 0.472. The third kappa shape index (κ3) is 5.76. The maximum atomic E-state index is 12.8. The Bertz CT molecular complexity index is 1000. The maximum absolute atomic E-state index is 12.8. The molecule has 1 saturated heterocycles. The molecule has 0 radical (unpaired) electrons. The molecule has 4 rings (SSSR count). The van der Waals surface area contributed by atoms with Crippen molar-refractivity contribution in [1.29, 1.82) is 0 Å². The summed E-state index contributed by atoms with van der Waals surface area (Å²) in [6, 6.07) is 12.5. The van der Waals surface area contributed by atoms with Crippen LogP contribution in [0.4, 0.5) is 5.69 Å². The van der Waals surface area contributed by atoms with Crippen LogP contribution in [0.1, 0.15) is 35.7 Å².